The fourth-order valence-electron chi connectivity index (χ4n) is 2.49. The molecule has 1 aliphatic carbocycles. The monoisotopic (exact) mass is 276 g/mol. The van der Waals surface area contributed by atoms with E-state index in [1.165, 1.54) is 23.3 Å². The fourth-order valence-corrected chi connectivity index (χ4v) is 2.64. The number of alkyl halides is 1. The van der Waals surface area contributed by atoms with Gasteiger partial charge in [-0.25, -0.2) is 4.39 Å². The molecule has 1 aliphatic rings. The highest BCUT2D eigenvalue weighted by Gasteiger charge is 2.25. The van der Waals surface area contributed by atoms with Crippen LogP contribution in [0.3, 0.4) is 0 Å². The lowest BCUT2D eigenvalue weighted by molar-refractivity contribution is 0.274. The predicted octanol–water partition coefficient (Wildman–Crippen LogP) is 4.28. The largest absolute Gasteiger partial charge is 0.493 e. The molecule has 1 atom stereocenters. The van der Waals surface area contributed by atoms with Crippen molar-refractivity contribution in [1.82, 2.24) is 0 Å². The third-order valence-corrected chi connectivity index (χ3v) is 3.81. The summed E-state index contributed by atoms with van der Waals surface area (Å²) in [4.78, 5) is 0. The minimum Gasteiger partial charge on any atom is -0.493 e. The molecular weight excluding hydrogens is 263 g/mol. The van der Waals surface area contributed by atoms with Crippen molar-refractivity contribution in [3.05, 3.63) is 65.0 Å². The van der Waals surface area contributed by atoms with Crippen molar-refractivity contribution in [2.24, 2.45) is 0 Å². The number of hydrogen-bond acceptors (Lipinski definition) is 1. The summed E-state index contributed by atoms with van der Waals surface area (Å²) in [6.45, 7) is 0.586. The number of benzene rings is 2. The number of ether oxygens (including phenoxy) is 1. The molecule has 3 heteroatoms. The maximum absolute atomic E-state index is 13.3. The molecule has 0 bridgehead atoms. The van der Waals surface area contributed by atoms with Crippen LogP contribution in [-0.2, 0) is 12.3 Å². The maximum atomic E-state index is 13.3. The Morgan fingerprint density at radius 1 is 1.21 bits per heavy atom. The molecule has 0 fully saturated rings. The highest BCUT2D eigenvalue weighted by Crippen LogP contribution is 2.35. The van der Waals surface area contributed by atoms with Gasteiger partial charge in [0.2, 0.25) is 0 Å². The van der Waals surface area contributed by atoms with Crippen molar-refractivity contribution in [3.63, 3.8) is 0 Å². The standard InChI is InChI=1S/C16H14ClFO/c17-9-11-5-14(18)8-15(6-11)19-10-13-7-12-3-1-2-4-16(12)13/h1-6,8,13H,7,9-10H2. The highest BCUT2D eigenvalue weighted by molar-refractivity contribution is 6.17. The topological polar surface area (TPSA) is 9.23 Å². The van der Waals surface area contributed by atoms with Gasteiger partial charge in [0.15, 0.2) is 0 Å². The molecule has 0 aliphatic heterocycles. The average molecular weight is 277 g/mol. The highest BCUT2D eigenvalue weighted by atomic mass is 35.5. The zero-order chi connectivity index (χ0) is 13.2. The molecule has 19 heavy (non-hydrogen) atoms. The minimum absolute atomic E-state index is 0.292. The molecule has 0 aromatic heterocycles. The Morgan fingerprint density at radius 3 is 2.84 bits per heavy atom. The third kappa shape index (κ3) is 2.59. The molecular formula is C16H14ClFO. The molecule has 2 aromatic carbocycles. The number of fused-ring (bicyclic) bond motifs is 1. The predicted molar refractivity (Wildman–Crippen MR) is 74.3 cm³/mol. The molecule has 1 unspecified atom stereocenters. The lowest BCUT2D eigenvalue weighted by atomic mass is 9.78. The van der Waals surface area contributed by atoms with Gasteiger partial charge in [0.05, 0.1) is 6.61 Å². The summed E-state index contributed by atoms with van der Waals surface area (Å²) >= 11 is 5.72. The summed E-state index contributed by atoms with van der Waals surface area (Å²) in [6.07, 6.45) is 1.04. The van der Waals surface area contributed by atoms with Gasteiger partial charge in [0.25, 0.3) is 0 Å². The smallest absolute Gasteiger partial charge is 0.127 e. The van der Waals surface area contributed by atoms with E-state index in [1.807, 2.05) is 6.07 Å². The van der Waals surface area contributed by atoms with E-state index in [2.05, 4.69) is 18.2 Å². The van der Waals surface area contributed by atoms with Crippen LogP contribution in [0, 0.1) is 5.82 Å². The quantitative estimate of drug-likeness (QED) is 0.757. The van der Waals surface area contributed by atoms with Crippen molar-refractivity contribution >= 4 is 11.6 Å². The number of halogens is 2. The van der Waals surface area contributed by atoms with Gasteiger partial charge < -0.3 is 4.74 Å². The van der Waals surface area contributed by atoms with Crippen LogP contribution in [-0.4, -0.2) is 6.61 Å². The Balaban J connectivity index is 1.66. The Kier molecular flexibility index (Phi) is 3.43. The molecule has 0 saturated heterocycles. The molecule has 0 N–H and O–H groups in total. The Labute approximate surface area is 117 Å². The molecule has 98 valence electrons. The van der Waals surface area contributed by atoms with Crippen LogP contribution in [0.15, 0.2) is 42.5 Å². The normalized spacial score (nSPS) is 16.6. The van der Waals surface area contributed by atoms with Crippen molar-refractivity contribution in [1.29, 1.82) is 0 Å². The zero-order valence-electron chi connectivity index (χ0n) is 10.4. The van der Waals surface area contributed by atoms with E-state index in [0.717, 1.165) is 12.0 Å². The number of rotatable bonds is 4. The van der Waals surface area contributed by atoms with E-state index >= 15 is 0 Å². The van der Waals surface area contributed by atoms with Crippen LogP contribution in [0.5, 0.6) is 5.75 Å². The van der Waals surface area contributed by atoms with E-state index in [9.17, 15) is 4.39 Å². The van der Waals surface area contributed by atoms with Crippen LogP contribution < -0.4 is 4.74 Å². The van der Waals surface area contributed by atoms with Crippen LogP contribution in [0.25, 0.3) is 0 Å². The summed E-state index contributed by atoms with van der Waals surface area (Å²) in [5, 5.41) is 0. The Hall–Kier alpha value is -1.54. The van der Waals surface area contributed by atoms with E-state index in [0.29, 0.717) is 24.2 Å². The van der Waals surface area contributed by atoms with Gasteiger partial charge >= 0.3 is 0 Å². The second-order valence-corrected chi connectivity index (χ2v) is 5.11. The summed E-state index contributed by atoms with van der Waals surface area (Å²) < 4.78 is 19.0. The minimum atomic E-state index is -0.304. The molecule has 0 heterocycles. The van der Waals surface area contributed by atoms with Crippen LogP contribution >= 0.6 is 11.6 Å². The summed E-state index contributed by atoms with van der Waals surface area (Å²) in [5.74, 6) is 0.960. The molecule has 3 rings (SSSR count). The molecule has 2 aromatic rings. The second-order valence-electron chi connectivity index (χ2n) is 4.84. The SMILES string of the molecule is Fc1cc(CCl)cc(OCC2Cc3ccccc32)c1. The van der Waals surface area contributed by atoms with Gasteiger partial charge in [-0.05, 0) is 35.2 Å². The lowest BCUT2D eigenvalue weighted by Crippen LogP contribution is -2.23. The first kappa shape index (κ1) is 12.5. The van der Waals surface area contributed by atoms with E-state index < -0.39 is 0 Å². The first-order valence-electron chi connectivity index (χ1n) is 6.32. The van der Waals surface area contributed by atoms with E-state index in [1.54, 1.807) is 6.07 Å². The Morgan fingerprint density at radius 2 is 2.05 bits per heavy atom. The summed E-state index contributed by atoms with van der Waals surface area (Å²) in [6, 6.07) is 13.0. The van der Waals surface area contributed by atoms with Crippen molar-refractivity contribution in [3.8, 4) is 5.75 Å². The molecule has 0 saturated carbocycles. The first-order valence-corrected chi connectivity index (χ1v) is 6.86. The zero-order valence-corrected chi connectivity index (χ0v) is 11.2. The molecule has 0 radical (unpaired) electrons. The molecule has 1 nitrogen and oxygen atoms in total. The van der Waals surface area contributed by atoms with Crippen LogP contribution in [0.2, 0.25) is 0 Å². The van der Waals surface area contributed by atoms with Crippen LogP contribution in [0.4, 0.5) is 4.39 Å². The summed E-state index contributed by atoms with van der Waals surface area (Å²) in [7, 11) is 0. The van der Waals surface area contributed by atoms with Gasteiger partial charge in [-0.15, -0.1) is 11.6 Å². The summed E-state index contributed by atoms with van der Waals surface area (Å²) in [5.41, 5.74) is 3.47. The van der Waals surface area contributed by atoms with E-state index in [4.69, 9.17) is 16.3 Å². The van der Waals surface area contributed by atoms with E-state index in [-0.39, 0.29) is 5.82 Å². The first-order chi connectivity index (χ1) is 9.26. The Bertz CT molecular complexity index is 597. The van der Waals surface area contributed by atoms with Crippen molar-refractivity contribution in [2.45, 2.75) is 18.2 Å². The second kappa shape index (κ2) is 5.22. The average Bonchev–Trinajstić information content (AvgIpc) is 2.39. The molecule has 0 spiro atoms. The third-order valence-electron chi connectivity index (χ3n) is 3.50. The van der Waals surface area contributed by atoms with Crippen molar-refractivity contribution < 1.29 is 9.13 Å². The van der Waals surface area contributed by atoms with Gasteiger partial charge in [-0.3, -0.25) is 0 Å². The van der Waals surface area contributed by atoms with Crippen LogP contribution in [0.1, 0.15) is 22.6 Å². The van der Waals surface area contributed by atoms with Gasteiger partial charge in [0, 0.05) is 17.9 Å². The maximum Gasteiger partial charge on any atom is 0.127 e. The van der Waals surface area contributed by atoms with Gasteiger partial charge in [-0.2, -0.15) is 0 Å². The van der Waals surface area contributed by atoms with Crippen molar-refractivity contribution in [2.75, 3.05) is 6.61 Å². The fraction of sp³-hybridized carbons (Fsp3) is 0.250. The number of hydrogen-bond donors (Lipinski definition) is 0. The lowest BCUT2D eigenvalue weighted by Gasteiger charge is -2.29. The van der Waals surface area contributed by atoms with Gasteiger partial charge in [-0.1, -0.05) is 24.3 Å². The molecule has 0 amide bonds. The van der Waals surface area contributed by atoms with Gasteiger partial charge in [0.1, 0.15) is 11.6 Å².